The van der Waals surface area contributed by atoms with Crippen LogP contribution >= 0.6 is 11.8 Å². The van der Waals surface area contributed by atoms with Crippen molar-refractivity contribution in [1.29, 1.82) is 0 Å². The Morgan fingerprint density at radius 3 is 2.57 bits per heavy atom. The maximum atomic E-state index is 13.2. The molecule has 2 aromatic rings. The van der Waals surface area contributed by atoms with Gasteiger partial charge in [0.15, 0.2) is 5.16 Å². The number of aryl methyl sites for hydroxylation is 1. The zero-order chi connectivity index (χ0) is 21.7. The number of carbonyl (C=O) groups is 1. The third kappa shape index (κ3) is 5.29. The Balaban J connectivity index is 1.83. The van der Waals surface area contributed by atoms with E-state index in [1.54, 1.807) is 19.2 Å². The van der Waals surface area contributed by atoms with Crippen LogP contribution in [0.25, 0.3) is 0 Å². The molecule has 0 spiro atoms. The quantitative estimate of drug-likeness (QED) is 0.496. The third-order valence-corrected chi connectivity index (χ3v) is 6.54. The second-order valence-electron chi connectivity index (χ2n) is 7.46. The number of ether oxygens (including phenoxy) is 1. The Bertz CT molecular complexity index is 940. The van der Waals surface area contributed by atoms with Crippen molar-refractivity contribution in [1.82, 2.24) is 14.5 Å². The first-order chi connectivity index (χ1) is 14.4. The number of thioether (sulfide) groups is 1. The van der Waals surface area contributed by atoms with Crippen LogP contribution in [0, 0.1) is 12.7 Å². The van der Waals surface area contributed by atoms with E-state index < -0.39 is 0 Å². The molecule has 1 atom stereocenters. The van der Waals surface area contributed by atoms with E-state index >= 15 is 0 Å². The van der Waals surface area contributed by atoms with Crippen molar-refractivity contribution in [3.05, 3.63) is 57.3 Å². The van der Waals surface area contributed by atoms with Gasteiger partial charge in [0.05, 0.1) is 18.5 Å². The molecule has 3 rings (SSSR count). The Morgan fingerprint density at radius 1 is 1.27 bits per heavy atom. The minimum absolute atomic E-state index is 0.0763. The van der Waals surface area contributed by atoms with Crippen LogP contribution in [-0.4, -0.2) is 51.9 Å². The lowest BCUT2D eigenvalue weighted by atomic mass is 10.1. The Kier molecular flexibility index (Phi) is 7.66. The van der Waals surface area contributed by atoms with Gasteiger partial charge in [-0.05, 0) is 31.0 Å². The van der Waals surface area contributed by atoms with Crippen LogP contribution in [0.1, 0.15) is 36.6 Å². The molecule has 1 saturated heterocycles. The summed E-state index contributed by atoms with van der Waals surface area (Å²) < 4.78 is 20.0. The first kappa shape index (κ1) is 22.5. The smallest absolute Gasteiger partial charge is 0.257 e. The van der Waals surface area contributed by atoms with Gasteiger partial charge >= 0.3 is 0 Å². The third-order valence-electron chi connectivity index (χ3n) is 5.24. The highest BCUT2D eigenvalue weighted by Crippen LogP contribution is 2.27. The second-order valence-corrected chi connectivity index (χ2v) is 8.63. The number of aromatic nitrogens is 2. The molecule has 1 amide bonds. The maximum absolute atomic E-state index is 13.2. The first-order valence-electron chi connectivity index (χ1n) is 10.2. The van der Waals surface area contributed by atoms with Crippen LogP contribution in [0.2, 0.25) is 0 Å². The van der Waals surface area contributed by atoms with E-state index in [0.29, 0.717) is 55.6 Å². The van der Waals surface area contributed by atoms with Gasteiger partial charge in [0.1, 0.15) is 5.82 Å². The molecule has 0 N–H and O–H groups in total. The first-order valence-corrected chi connectivity index (χ1v) is 11.1. The summed E-state index contributed by atoms with van der Waals surface area (Å²) in [5.74, 6) is -0.229. The summed E-state index contributed by atoms with van der Waals surface area (Å²) in [4.78, 5) is 32.5. The number of nitrogens with zero attached hydrogens (tertiary/aromatic N) is 3. The van der Waals surface area contributed by atoms with Crippen LogP contribution in [0.15, 0.2) is 34.2 Å². The van der Waals surface area contributed by atoms with Gasteiger partial charge in [-0.25, -0.2) is 9.37 Å². The number of benzene rings is 1. The molecule has 1 unspecified atom stereocenters. The molecule has 0 bridgehead atoms. The standard InChI is InChI=1S/C22H28FN3O3S/c1-4-5-19(21(28)26-10-12-29-13-11-26)30-22-24-15(2)18(20(27)25(22)3)14-16-6-8-17(23)9-7-16/h6-9,19H,4-5,10-14H2,1-3H3. The highest BCUT2D eigenvalue weighted by molar-refractivity contribution is 8.00. The van der Waals surface area contributed by atoms with Crippen molar-refractivity contribution in [2.24, 2.45) is 7.05 Å². The van der Waals surface area contributed by atoms with Gasteiger partial charge in [0, 0.05) is 37.8 Å². The van der Waals surface area contributed by atoms with E-state index in [4.69, 9.17) is 4.74 Å². The lowest BCUT2D eigenvalue weighted by molar-refractivity contribution is -0.134. The number of hydrogen-bond donors (Lipinski definition) is 0. The molecule has 8 heteroatoms. The van der Waals surface area contributed by atoms with E-state index in [0.717, 1.165) is 12.0 Å². The normalized spacial score (nSPS) is 15.3. The SMILES string of the molecule is CCCC(Sc1nc(C)c(Cc2ccc(F)cc2)c(=O)n1C)C(=O)N1CCOCC1. The largest absolute Gasteiger partial charge is 0.378 e. The molecule has 1 aliphatic rings. The number of halogens is 1. The van der Waals surface area contributed by atoms with Crippen LogP contribution in [0.5, 0.6) is 0 Å². The van der Waals surface area contributed by atoms with Crippen molar-refractivity contribution >= 4 is 17.7 Å². The fraction of sp³-hybridized carbons (Fsp3) is 0.500. The molecule has 162 valence electrons. The topological polar surface area (TPSA) is 64.4 Å². The average Bonchev–Trinajstić information content (AvgIpc) is 2.76. The number of morpholine rings is 1. The predicted molar refractivity (Wildman–Crippen MR) is 115 cm³/mol. The summed E-state index contributed by atoms with van der Waals surface area (Å²) in [6.45, 7) is 6.17. The van der Waals surface area contributed by atoms with Gasteiger partial charge < -0.3 is 9.64 Å². The summed E-state index contributed by atoms with van der Waals surface area (Å²) >= 11 is 1.36. The number of amides is 1. The summed E-state index contributed by atoms with van der Waals surface area (Å²) in [5.41, 5.74) is 1.94. The second kappa shape index (κ2) is 10.2. The summed E-state index contributed by atoms with van der Waals surface area (Å²) in [6.07, 6.45) is 1.97. The molecule has 0 radical (unpaired) electrons. The van der Waals surface area contributed by atoms with Crippen molar-refractivity contribution in [3.63, 3.8) is 0 Å². The fourth-order valence-electron chi connectivity index (χ4n) is 3.45. The summed E-state index contributed by atoms with van der Waals surface area (Å²) in [5, 5.41) is 0.258. The fourth-order valence-corrected chi connectivity index (χ4v) is 4.74. The maximum Gasteiger partial charge on any atom is 0.257 e. The van der Waals surface area contributed by atoms with Gasteiger partial charge in [-0.2, -0.15) is 0 Å². The Labute approximate surface area is 180 Å². The zero-order valence-electron chi connectivity index (χ0n) is 17.7. The molecule has 30 heavy (non-hydrogen) atoms. The molecule has 1 aliphatic heterocycles. The molecule has 1 aromatic heterocycles. The lowest BCUT2D eigenvalue weighted by Crippen LogP contribution is -2.45. The predicted octanol–water partition coefficient (Wildman–Crippen LogP) is 2.94. The molecule has 1 aromatic carbocycles. The number of rotatable bonds is 7. The van der Waals surface area contributed by atoms with Crippen LogP contribution in [0.3, 0.4) is 0 Å². The zero-order valence-corrected chi connectivity index (χ0v) is 18.5. The van der Waals surface area contributed by atoms with E-state index in [1.807, 2.05) is 18.7 Å². The van der Waals surface area contributed by atoms with Crippen molar-refractivity contribution < 1.29 is 13.9 Å². The monoisotopic (exact) mass is 433 g/mol. The highest BCUT2D eigenvalue weighted by atomic mass is 32.2. The van der Waals surface area contributed by atoms with Crippen LogP contribution < -0.4 is 5.56 Å². The number of carbonyl (C=O) groups excluding carboxylic acids is 1. The average molecular weight is 434 g/mol. The van der Waals surface area contributed by atoms with Gasteiger partial charge in [-0.3, -0.25) is 14.2 Å². The summed E-state index contributed by atoms with van der Waals surface area (Å²) in [6, 6.07) is 6.13. The molecule has 1 fully saturated rings. The van der Waals surface area contributed by atoms with Crippen LogP contribution in [0.4, 0.5) is 4.39 Å². The van der Waals surface area contributed by atoms with Crippen molar-refractivity contribution in [2.75, 3.05) is 26.3 Å². The number of hydrogen-bond acceptors (Lipinski definition) is 5. The van der Waals surface area contributed by atoms with Gasteiger partial charge in [0.25, 0.3) is 5.56 Å². The van der Waals surface area contributed by atoms with E-state index in [2.05, 4.69) is 4.98 Å². The van der Waals surface area contributed by atoms with E-state index in [9.17, 15) is 14.0 Å². The minimum atomic E-state index is -0.305. The molecule has 6 nitrogen and oxygen atoms in total. The van der Waals surface area contributed by atoms with Crippen molar-refractivity contribution in [2.45, 2.75) is 43.5 Å². The highest BCUT2D eigenvalue weighted by Gasteiger charge is 2.28. The lowest BCUT2D eigenvalue weighted by Gasteiger charge is -2.30. The molecule has 0 aliphatic carbocycles. The van der Waals surface area contributed by atoms with E-state index in [1.165, 1.54) is 28.5 Å². The van der Waals surface area contributed by atoms with Gasteiger partial charge in [-0.15, -0.1) is 0 Å². The Morgan fingerprint density at radius 2 is 1.93 bits per heavy atom. The van der Waals surface area contributed by atoms with E-state index in [-0.39, 0.29) is 22.5 Å². The molecular formula is C22H28FN3O3S. The molecule has 0 saturated carbocycles. The van der Waals surface area contributed by atoms with Gasteiger partial charge in [-0.1, -0.05) is 37.2 Å². The molecular weight excluding hydrogens is 405 g/mol. The van der Waals surface area contributed by atoms with Crippen LogP contribution in [-0.2, 0) is 23.0 Å². The van der Waals surface area contributed by atoms with Gasteiger partial charge in [0.2, 0.25) is 5.91 Å². The van der Waals surface area contributed by atoms with Crippen molar-refractivity contribution in [3.8, 4) is 0 Å². The Hall–Kier alpha value is -2.19. The molecule has 2 heterocycles. The minimum Gasteiger partial charge on any atom is -0.378 e. The summed E-state index contributed by atoms with van der Waals surface area (Å²) in [7, 11) is 1.69.